The van der Waals surface area contributed by atoms with Crippen molar-refractivity contribution in [3.63, 3.8) is 0 Å². The van der Waals surface area contributed by atoms with Crippen LogP contribution >= 0.6 is 0 Å². The highest BCUT2D eigenvalue weighted by Crippen LogP contribution is 2.48. The lowest BCUT2D eigenvalue weighted by atomic mass is 9.62. The minimum atomic E-state index is -3.62. The smallest absolute Gasteiger partial charge is 0.332 e. The molecule has 2 fully saturated rings. The minimum absolute atomic E-state index is 0.0366. The van der Waals surface area contributed by atoms with Crippen molar-refractivity contribution in [2.45, 2.75) is 69.1 Å². The number of benzene rings is 1. The van der Waals surface area contributed by atoms with E-state index in [2.05, 4.69) is 21.0 Å². The molecule has 1 aliphatic heterocycles. The molecule has 1 atom stereocenters. The Morgan fingerprint density at radius 2 is 1.82 bits per heavy atom. The summed E-state index contributed by atoms with van der Waals surface area (Å²) in [4.78, 5) is 15.0. The number of aryl methyl sites for hydroxylation is 2. The molecule has 4 aliphatic rings. The van der Waals surface area contributed by atoms with Gasteiger partial charge in [0.05, 0.1) is 12.4 Å². The second kappa shape index (κ2) is 7.58. The van der Waals surface area contributed by atoms with E-state index < -0.39 is 15.9 Å². The third-order valence-electron chi connectivity index (χ3n) is 7.72. The molecule has 33 heavy (non-hydrogen) atoms. The van der Waals surface area contributed by atoms with Gasteiger partial charge in [-0.3, -0.25) is 4.90 Å². The number of amides is 2. The maximum absolute atomic E-state index is 13.0. The molecule has 8 nitrogen and oxygen atoms in total. The first-order valence-corrected chi connectivity index (χ1v) is 13.4. The number of anilines is 1. The number of furan rings is 1. The molecule has 0 radical (unpaired) electrons. The van der Waals surface area contributed by atoms with E-state index in [-0.39, 0.29) is 16.6 Å². The van der Waals surface area contributed by atoms with Crippen molar-refractivity contribution in [2.24, 2.45) is 5.41 Å². The topological polar surface area (TPSA) is 119 Å². The normalized spacial score (nSPS) is 22.8. The molecule has 2 amide bonds. The van der Waals surface area contributed by atoms with Gasteiger partial charge in [-0.15, -0.1) is 0 Å². The number of aliphatic hydroxyl groups is 1. The predicted octanol–water partition coefficient (Wildman–Crippen LogP) is 3.36. The van der Waals surface area contributed by atoms with Crippen molar-refractivity contribution < 1.29 is 18.5 Å². The molecule has 3 aliphatic carbocycles. The predicted molar refractivity (Wildman–Crippen MR) is 123 cm³/mol. The summed E-state index contributed by atoms with van der Waals surface area (Å²) in [6.07, 6.45) is 9.19. The number of hydrogen-bond acceptors (Lipinski definition) is 6. The lowest BCUT2D eigenvalue weighted by Crippen LogP contribution is -2.63. The first-order valence-electron chi connectivity index (χ1n) is 11.8. The van der Waals surface area contributed by atoms with Crippen molar-refractivity contribution >= 4 is 21.6 Å². The fourth-order valence-corrected chi connectivity index (χ4v) is 7.26. The quantitative estimate of drug-likeness (QED) is 0.534. The van der Waals surface area contributed by atoms with Crippen LogP contribution in [-0.2, 0) is 42.1 Å². The van der Waals surface area contributed by atoms with Crippen LogP contribution in [0.4, 0.5) is 10.5 Å². The molecule has 6 rings (SSSR count). The molecule has 1 unspecified atom stereocenters. The van der Waals surface area contributed by atoms with Crippen molar-refractivity contribution in [2.75, 3.05) is 18.4 Å². The van der Waals surface area contributed by atoms with Gasteiger partial charge in [-0.05, 0) is 73.6 Å². The van der Waals surface area contributed by atoms with E-state index in [0.29, 0.717) is 6.54 Å². The van der Waals surface area contributed by atoms with Crippen LogP contribution in [0.3, 0.4) is 0 Å². The maximum Gasteiger partial charge on any atom is 0.332 e. The zero-order chi connectivity index (χ0) is 22.8. The summed E-state index contributed by atoms with van der Waals surface area (Å²) in [7, 11) is -3.62. The first kappa shape index (κ1) is 21.2. The van der Waals surface area contributed by atoms with Crippen molar-refractivity contribution in [3.05, 3.63) is 46.2 Å². The Morgan fingerprint density at radius 3 is 2.45 bits per heavy atom. The molecule has 9 heteroatoms. The van der Waals surface area contributed by atoms with Gasteiger partial charge < -0.3 is 14.8 Å². The summed E-state index contributed by atoms with van der Waals surface area (Å²) in [6, 6.07) is 3.27. The van der Waals surface area contributed by atoms with Gasteiger partial charge in [0.25, 0.3) is 0 Å². The summed E-state index contributed by atoms with van der Waals surface area (Å²) in [6.45, 7) is 2.52. The summed E-state index contributed by atoms with van der Waals surface area (Å²) >= 11 is 0. The van der Waals surface area contributed by atoms with Crippen LogP contribution in [0.2, 0.25) is 0 Å². The molecule has 2 heterocycles. The second-order valence-electron chi connectivity index (χ2n) is 10.3. The Balaban J connectivity index is 1.11. The average Bonchev–Trinajstić information content (AvgIpc) is 3.45. The molecule has 1 saturated heterocycles. The number of hydrogen-bond donors (Lipinski definition) is 4. The standard InChI is InChI=1S/C24H30N4O4S/c25-33(31,21-7-15(12-32-21)11-28-13-24(14-28)9-18(29)10-24)27-23(30)26-22-19-5-1-3-16(19)8-17-4-2-6-20(17)22/h7-8,12,18,29H,1-6,9-11,13-14H2,(H3,25,26,27,30,31). The summed E-state index contributed by atoms with van der Waals surface area (Å²) in [5, 5.41) is 12.4. The lowest BCUT2D eigenvalue weighted by Gasteiger charge is -2.58. The van der Waals surface area contributed by atoms with Gasteiger partial charge in [-0.2, -0.15) is 0 Å². The van der Waals surface area contributed by atoms with E-state index in [9.17, 15) is 14.1 Å². The highest BCUT2D eigenvalue weighted by atomic mass is 32.2. The highest BCUT2D eigenvalue weighted by molar-refractivity contribution is 7.91. The Hall–Kier alpha value is -2.36. The lowest BCUT2D eigenvalue weighted by molar-refractivity contribution is -0.131. The van der Waals surface area contributed by atoms with Crippen LogP contribution in [0.1, 0.15) is 53.5 Å². The molecule has 1 spiro atoms. The number of carbonyl (C=O) groups excluding carboxylic acids is 1. The molecule has 1 saturated carbocycles. The molecule has 176 valence electrons. The van der Waals surface area contributed by atoms with Gasteiger partial charge in [-0.1, -0.05) is 6.07 Å². The van der Waals surface area contributed by atoms with Crippen LogP contribution in [0.25, 0.3) is 0 Å². The third kappa shape index (κ3) is 3.76. The van der Waals surface area contributed by atoms with E-state index in [1.165, 1.54) is 28.5 Å². The molecule has 2 aromatic rings. The Kier molecular flexibility index (Phi) is 4.87. The van der Waals surface area contributed by atoms with E-state index in [4.69, 9.17) is 9.20 Å². The Bertz CT molecular complexity index is 1190. The number of urea groups is 1. The number of carbonyl (C=O) groups is 1. The van der Waals surface area contributed by atoms with Gasteiger partial charge in [0.2, 0.25) is 5.09 Å². The zero-order valence-corrected chi connectivity index (χ0v) is 19.4. The summed E-state index contributed by atoms with van der Waals surface area (Å²) in [5.41, 5.74) is 6.95. The summed E-state index contributed by atoms with van der Waals surface area (Å²) in [5.74, 6) is 0. The monoisotopic (exact) mass is 470 g/mol. The Labute approximate surface area is 193 Å². The molecular weight excluding hydrogens is 440 g/mol. The van der Waals surface area contributed by atoms with Crippen LogP contribution in [0.15, 0.2) is 27.9 Å². The van der Waals surface area contributed by atoms with E-state index in [1.807, 2.05) is 0 Å². The number of rotatable bonds is 5. The molecule has 4 N–H and O–H groups in total. The van der Waals surface area contributed by atoms with Gasteiger partial charge in [0, 0.05) is 42.4 Å². The Morgan fingerprint density at radius 1 is 1.15 bits per heavy atom. The average molecular weight is 471 g/mol. The van der Waals surface area contributed by atoms with Crippen LogP contribution in [0.5, 0.6) is 0 Å². The van der Waals surface area contributed by atoms with Crippen LogP contribution in [0, 0.1) is 10.2 Å². The first-order chi connectivity index (χ1) is 15.8. The van der Waals surface area contributed by atoms with Gasteiger partial charge in [-0.25, -0.2) is 18.5 Å². The SMILES string of the molecule is N=S(=O)(NC(=O)Nc1c2c(cc3c1CCC3)CCC2)c1cc(CN2CC3(CC(O)C3)C2)co1. The van der Waals surface area contributed by atoms with Crippen LogP contribution in [-0.4, -0.2) is 39.4 Å². The van der Waals surface area contributed by atoms with E-state index in [0.717, 1.165) is 75.7 Å². The third-order valence-corrected chi connectivity index (χ3v) is 8.98. The van der Waals surface area contributed by atoms with Crippen molar-refractivity contribution in [1.29, 1.82) is 4.78 Å². The highest BCUT2D eigenvalue weighted by Gasteiger charge is 2.51. The molecule has 1 aromatic heterocycles. The van der Waals surface area contributed by atoms with Crippen molar-refractivity contribution in [1.82, 2.24) is 9.62 Å². The number of fused-ring (bicyclic) bond motifs is 2. The van der Waals surface area contributed by atoms with Gasteiger partial charge in [0.15, 0.2) is 9.92 Å². The largest absolute Gasteiger partial charge is 0.452 e. The second-order valence-corrected chi connectivity index (χ2v) is 12.0. The van der Waals surface area contributed by atoms with E-state index >= 15 is 0 Å². The minimum Gasteiger partial charge on any atom is -0.452 e. The molecular formula is C24H30N4O4S. The number of nitrogens with zero attached hydrogens (tertiary/aromatic N) is 1. The fraction of sp³-hybridized carbons (Fsp3) is 0.542. The fourth-order valence-electron chi connectivity index (χ4n) is 6.34. The number of nitrogens with one attached hydrogen (secondary N) is 3. The van der Waals surface area contributed by atoms with Crippen molar-refractivity contribution in [3.8, 4) is 0 Å². The van der Waals surface area contributed by atoms with Crippen LogP contribution < -0.4 is 10.0 Å². The summed E-state index contributed by atoms with van der Waals surface area (Å²) < 4.78 is 29.0. The van der Waals surface area contributed by atoms with Gasteiger partial charge in [0.1, 0.15) is 0 Å². The number of aliphatic hydroxyl groups excluding tert-OH is 1. The molecule has 1 aromatic carbocycles. The zero-order valence-electron chi connectivity index (χ0n) is 18.6. The molecule has 0 bridgehead atoms. The van der Waals surface area contributed by atoms with E-state index in [1.54, 1.807) is 6.07 Å². The van der Waals surface area contributed by atoms with Gasteiger partial charge >= 0.3 is 6.03 Å². The number of likely N-dealkylation sites (tertiary alicyclic amines) is 1. The maximum atomic E-state index is 13.0.